The predicted octanol–water partition coefficient (Wildman–Crippen LogP) is 2.20. The van der Waals surface area contributed by atoms with Gasteiger partial charge in [0.15, 0.2) is 5.82 Å². The molecule has 20 heavy (non-hydrogen) atoms. The lowest BCUT2D eigenvalue weighted by Gasteiger charge is -2.16. The molecule has 1 aromatic carbocycles. The molecule has 2 heterocycles. The van der Waals surface area contributed by atoms with E-state index >= 15 is 0 Å². The number of likely N-dealkylation sites (tertiary alicyclic amines) is 1. The number of nitrogens with zero attached hydrogens (tertiary/aromatic N) is 3. The zero-order valence-electron chi connectivity index (χ0n) is 11.7. The summed E-state index contributed by atoms with van der Waals surface area (Å²) >= 11 is 0. The molecule has 104 valence electrons. The van der Waals surface area contributed by atoms with E-state index in [2.05, 4.69) is 41.3 Å². The van der Waals surface area contributed by atoms with E-state index in [1.807, 2.05) is 4.90 Å². The van der Waals surface area contributed by atoms with Gasteiger partial charge in [-0.3, -0.25) is 4.79 Å². The fourth-order valence-electron chi connectivity index (χ4n) is 2.48. The highest BCUT2D eigenvalue weighted by molar-refractivity contribution is 5.79. The molecule has 5 heteroatoms. The van der Waals surface area contributed by atoms with E-state index in [0.29, 0.717) is 31.2 Å². The molecule has 0 saturated carbocycles. The highest BCUT2D eigenvalue weighted by atomic mass is 16.5. The third kappa shape index (κ3) is 2.57. The van der Waals surface area contributed by atoms with Crippen molar-refractivity contribution in [2.45, 2.75) is 32.7 Å². The smallest absolute Gasteiger partial charge is 0.232 e. The maximum Gasteiger partial charge on any atom is 0.232 e. The van der Waals surface area contributed by atoms with Crippen LogP contribution in [0.25, 0.3) is 0 Å². The molecule has 1 aliphatic rings. The molecule has 0 N–H and O–H groups in total. The van der Waals surface area contributed by atoms with Gasteiger partial charge in [-0.15, -0.1) is 0 Å². The van der Waals surface area contributed by atoms with Crippen LogP contribution in [0.2, 0.25) is 0 Å². The van der Waals surface area contributed by atoms with Crippen LogP contribution in [-0.4, -0.2) is 27.5 Å². The molecule has 1 fully saturated rings. The monoisotopic (exact) mass is 271 g/mol. The third-order valence-corrected chi connectivity index (χ3v) is 3.60. The first-order valence-corrected chi connectivity index (χ1v) is 6.75. The zero-order valence-corrected chi connectivity index (χ0v) is 11.7. The van der Waals surface area contributed by atoms with Crippen LogP contribution in [0, 0.1) is 13.8 Å². The number of aryl methyl sites for hydroxylation is 2. The average molecular weight is 271 g/mol. The Bertz CT molecular complexity index is 618. The van der Waals surface area contributed by atoms with Crippen molar-refractivity contribution in [1.82, 2.24) is 15.0 Å². The first-order valence-electron chi connectivity index (χ1n) is 6.75. The van der Waals surface area contributed by atoms with Crippen LogP contribution in [0.15, 0.2) is 28.8 Å². The molecule has 1 saturated heterocycles. The Balaban J connectivity index is 1.69. The second-order valence-corrected chi connectivity index (χ2v) is 5.34. The molecule has 0 aliphatic carbocycles. The summed E-state index contributed by atoms with van der Waals surface area (Å²) in [7, 11) is 0. The number of hydrogen-bond acceptors (Lipinski definition) is 4. The van der Waals surface area contributed by atoms with E-state index in [9.17, 15) is 4.79 Å². The summed E-state index contributed by atoms with van der Waals surface area (Å²) < 4.78 is 5.17. The van der Waals surface area contributed by atoms with Crippen molar-refractivity contribution in [3.8, 4) is 0 Å². The Hall–Kier alpha value is -2.17. The second-order valence-electron chi connectivity index (χ2n) is 5.34. The first kappa shape index (κ1) is 12.8. The van der Waals surface area contributed by atoms with Crippen molar-refractivity contribution in [2.24, 2.45) is 0 Å². The first-order chi connectivity index (χ1) is 9.61. The standard InChI is InChI=1S/C15H17N3O2/c1-10-3-5-12(6-4-10)8-18-9-13(7-14(18)19)15-16-11(2)17-20-15/h3-6,13H,7-9H2,1-2H3. The minimum atomic E-state index is 0.0224. The fourth-order valence-corrected chi connectivity index (χ4v) is 2.48. The maximum absolute atomic E-state index is 12.1. The molecular formula is C15H17N3O2. The Morgan fingerprint density at radius 3 is 2.70 bits per heavy atom. The van der Waals surface area contributed by atoms with Crippen molar-refractivity contribution in [3.63, 3.8) is 0 Å². The van der Waals surface area contributed by atoms with Crippen LogP contribution in [0.4, 0.5) is 0 Å². The average Bonchev–Trinajstić information content (AvgIpc) is 3.00. The van der Waals surface area contributed by atoms with E-state index in [-0.39, 0.29) is 11.8 Å². The Morgan fingerprint density at radius 2 is 2.05 bits per heavy atom. The van der Waals surface area contributed by atoms with Crippen LogP contribution < -0.4 is 0 Å². The molecule has 2 aromatic rings. The molecule has 0 bridgehead atoms. The lowest BCUT2D eigenvalue weighted by atomic mass is 10.1. The largest absolute Gasteiger partial charge is 0.339 e. The summed E-state index contributed by atoms with van der Waals surface area (Å²) in [6.45, 7) is 5.13. The number of rotatable bonds is 3. The fraction of sp³-hybridized carbons (Fsp3) is 0.400. The quantitative estimate of drug-likeness (QED) is 0.858. The van der Waals surface area contributed by atoms with Crippen LogP contribution in [0.3, 0.4) is 0 Å². The summed E-state index contributed by atoms with van der Waals surface area (Å²) in [6.07, 6.45) is 0.452. The van der Waals surface area contributed by atoms with Gasteiger partial charge >= 0.3 is 0 Å². The molecule has 3 rings (SSSR count). The second kappa shape index (κ2) is 5.07. The number of benzene rings is 1. The molecule has 5 nitrogen and oxygen atoms in total. The molecule has 1 aliphatic heterocycles. The van der Waals surface area contributed by atoms with Crippen LogP contribution in [0.1, 0.15) is 35.2 Å². The Kier molecular flexibility index (Phi) is 3.26. The van der Waals surface area contributed by atoms with Gasteiger partial charge in [-0.25, -0.2) is 0 Å². The highest BCUT2D eigenvalue weighted by Gasteiger charge is 2.33. The molecule has 0 spiro atoms. The summed E-state index contributed by atoms with van der Waals surface area (Å²) in [6, 6.07) is 8.25. The van der Waals surface area contributed by atoms with E-state index < -0.39 is 0 Å². The van der Waals surface area contributed by atoms with Gasteiger partial charge in [0.2, 0.25) is 11.8 Å². The van der Waals surface area contributed by atoms with E-state index in [4.69, 9.17) is 4.52 Å². The normalized spacial score (nSPS) is 18.8. The van der Waals surface area contributed by atoms with Gasteiger partial charge in [0, 0.05) is 19.5 Å². The number of hydrogen-bond donors (Lipinski definition) is 0. The lowest BCUT2D eigenvalue weighted by molar-refractivity contribution is -0.128. The molecule has 1 amide bonds. The minimum Gasteiger partial charge on any atom is -0.339 e. The minimum absolute atomic E-state index is 0.0224. The van der Waals surface area contributed by atoms with Crippen molar-refractivity contribution in [3.05, 3.63) is 47.1 Å². The maximum atomic E-state index is 12.1. The van der Waals surface area contributed by atoms with Gasteiger partial charge in [0.05, 0.1) is 5.92 Å². The zero-order chi connectivity index (χ0) is 14.1. The highest BCUT2D eigenvalue weighted by Crippen LogP contribution is 2.28. The van der Waals surface area contributed by atoms with Crippen molar-refractivity contribution in [2.75, 3.05) is 6.54 Å². The predicted molar refractivity (Wildman–Crippen MR) is 73.0 cm³/mol. The SMILES string of the molecule is Cc1ccc(CN2CC(c3nc(C)no3)CC2=O)cc1. The van der Waals surface area contributed by atoms with Gasteiger partial charge in [-0.1, -0.05) is 35.0 Å². The van der Waals surface area contributed by atoms with Crippen molar-refractivity contribution >= 4 is 5.91 Å². The number of carbonyl (C=O) groups excluding carboxylic acids is 1. The molecule has 0 radical (unpaired) electrons. The summed E-state index contributed by atoms with van der Waals surface area (Å²) in [5, 5.41) is 3.79. The van der Waals surface area contributed by atoms with E-state index in [0.717, 1.165) is 5.56 Å². The number of carbonyl (C=O) groups is 1. The topological polar surface area (TPSA) is 59.2 Å². The summed E-state index contributed by atoms with van der Waals surface area (Å²) in [5.41, 5.74) is 2.37. The van der Waals surface area contributed by atoms with E-state index in [1.165, 1.54) is 5.56 Å². The van der Waals surface area contributed by atoms with Gasteiger partial charge in [-0.05, 0) is 19.4 Å². The molecule has 1 aromatic heterocycles. The third-order valence-electron chi connectivity index (χ3n) is 3.60. The van der Waals surface area contributed by atoms with Gasteiger partial charge in [0.25, 0.3) is 0 Å². The Morgan fingerprint density at radius 1 is 1.30 bits per heavy atom. The Labute approximate surface area is 117 Å². The lowest BCUT2D eigenvalue weighted by Crippen LogP contribution is -2.24. The molecule has 1 unspecified atom stereocenters. The number of amides is 1. The van der Waals surface area contributed by atoms with Crippen molar-refractivity contribution in [1.29, 1.82) is 0 Å². The molecule has 1 atom stereocenters. The van der Waals surface area contributed by atoms with Crippen LogP contribution in [-0.2, 0) is 11.3 Å². The van der Waals surface area contributed by atoms with E-state index in [1.54, 1.807) is 6.92 Å². The number of aromatic nitrogens is 2. The van der Waals surface area contributed by atoms with Crippen molar-refractivity contribution < 1.29 is 9.32 Å². The molecular weight excluding hydrogens is 254 g/mol. The van der Waals surface area contributed by atoms with Gasteiger partial charge < -0.3 is 9.42 Å². The summed E-state index contributed by atoms with van der Waals surface area (Å²) in [4.78, 5) is 18.2. The van der Waals surface area contributed by atoms with Gasteiger partial charge in [-0.2, -0.15) is 4.98 Å². The van der Waals surface area contributed by atoms with Crippen LogP contribution >= 0.6 is 0 Å². The van der Waals surface area contributed by atoms with Gasteiger partial charge in [0.1, 0.15) is 0 Å². The summed E-state index contributed by atoms with van der Waals surface area (Å²) in [5.74, 6) is 1.35. The van der Waals surface area contributed by atoms with Crippen LogP contribution in [0.5, 0.6) is 0 Å².